The molecule has 0 amide bonds. The fourth-order valence-corrected chi connectivity index (χ4v) is 4.74. The van der Waals surface area contributed by atoms with Crippen molar-refractivity contribution in [3.63, 3.8) is 0 Å². The molecule has 0 unspecified atom stereocenters. The molecule has 7 nitrogen and oxygen atoms in total. The minimum atomic E-state index is -3.26. The topological polar surface area (TPSA) is 93.1 Å². The van der Waals surface area contributed by atoms with Crippen molar-refractivity contribution in [2.24, 2.45) is 0 Å². The predicted molar refractivity (Wildman–Crippen MR) is 89.6 cm³/mol. The molecule has 0 aromatic heterocycles. The van der Waals surface area contributed by atoms with Gasteiger partial charge in [-0.05, 0) is 24.7 Å². The van der Waals surface area contributed by atoms with Crippen molar-refractivity contribution in [1.82, 2.24) is 4.90 Å². The van der Waals surface area contributed by atoms with E-state index in [0.29, 0.717) is 23.6 Å². The summed E-state index contributed by atoms with van der Waals surface area (Å²) in [7, 11) is -0.255. The Morgan fingerprint density at radius 2 is 1.92 bits per heavy atom. The SMILES string of the molecule is CCN(CC(=O)c1ccc(OC)c(OC)c1)[C@@H]1CS(=O)(=O)C[C@H]1O. The molecule has 2 rings (SSSR count). The quantitative estimate of drug-likeness (QED) is 0.705. The maximum absolute atomic E-state index is 12.5. The van der Waals surface area contributed by atoms with Crippen LogP contribution in [0, 0.1) is 0 Å². The van der Waals surface area contributed by atoms with Crippen LogP contribution in [0.3, 0.4) is 0 Å². The van der Waals surface area contributed by atoms with Crippen molar-refractivity contribution < 1.29 is 27.8 Å². The van der Waals surface area contributed by atoms with Gasteiger partial charge in [-0.1, -0.05) is 6.92 Å². The molecule has 0 saturated carbocycles. The second kappa shape index (κ2) is 7.50. The molecule has 0 bridgehead atoms. The third-order valence-corrected chi connectivity index (χ3v) is 5.92. The highest BCUT2D eigenvalue weighted by Gasteiger charge is 2.40. The van der Waals surface area contributed by atoms with Crippen LogP contribution >= 0.6 is 0 Å². The average Bonchev–Trinajstić information content (AvgIpc) is 2.84. The third kappa shape index (κ3) is 4.06. The van der Waals surface area contributed by atoms with Gasteiger partial charge in [-0.3, -0.25) is 9.69 Å². The zero-order chi connectivity index (χ0) is 17.9. The van der Waals surface area contributed by atoms with Crippen LogP contribution in [0.5, 0.6) is 11.5 Å². The number of aliphatic hydroxyl groups excluding tert-OH is 1. The molecule has 1 saturated heterocycles. The summed E-state index contributed by atoms with van der Waals surface area (Å²) in [4.78, 5) is 14.2. The van der Waals surface area contributed by atoms with Crippen LogP contribution in [0.4, 0.5) is 0 Å². The molecule has 2 atom stereocenters. The van der Waals surface area contributed by atoms with E-state index in [0.717, 1.165) is 0 Å². The number of hydrogen-bond donors (Lipinski definition) is 1. The van der Waals surface area contributed by atoms with Crippen LogP contribution in [0.2, 0.25) is 0 Å². The summed E-state index contributed by atoms with van der Waals surface area (Å²) >= 11 is 0. The van der Waals surface area contributed by atoms with E-state index < -0.39 is 22.0 Å². The van der Waals surface area contributed by atoms with Gasteiger partial charge >= 0.3 is 0 Å². The van der Waals surface area contributed by atoms with Crippen LogP contribution in [0.15, 0.2) is 18.2 Å². The number of ketones is 1. The predicted octanol–water partition coefficient (Wildman–Crippen LogP) is 0.366. The number of carbonyl (C=O) groups is 1. The molecule has 1 aliphatic rings. The summed E-state index contributed by atoms with van der Waals surface area (Å²) in [6.07, 6.45) is -0.965. The van der Waals surface area contributed by atoms with Gasteiger partial charge in [0.05, 0.1) is 44.4 Å². The van der Waals surface area contributed by atoms with Crippen LogP contribution in [-0.4, -0.2) is 75.2 Å². The van der Waals surface area contributed by atoms with Gasteiger partial charge < -0.3 is 14.6 Å². The highest BCUT2D eigenvalue weighted by Crippen LogP contribution is 2.28. The second-order valence-electron chi connectivity index (χ2n) is 5.77. The first-order valence-corrected chi connectivity index (χ1v) is 9.51. The Bertz CT molecular complexity index is 703. The number of rotatable bonds is 7. The van der Waals surface area contributed by atoms with E-state index in [9.17, 15) is 18.3 Å². The first-order valence-electron chi connectivity index (χ1n) is 7.69. The maximum atomic E-state index is 12.5. The average molecular weight is 357 g/mol. The largest absolute Gasteiger partial charge is 0.493 e. The van der Waals surface area contributed by atoms with Crippen molar-refractivity contribution in [2.45, 2.75) is 19.1 Å². The van der Waals surface area contributed by atoms with Gasteiger partial charge in [-0.2, -0.15) is 0 Å². The first-order chi connectivity index (χ1) is 11.3. The number of hydrogen-bond acceptors (Lipinski definition) is 7. The van der Waals surface area contributed by atoms with Crippen LogP contribution < -0.4 is 9.47 Å². The molecular formula is C16H23NO6S. The number of carbonyl (C=O) groups excluding carboxylic acids is 1. The fraction of sp³-hybridized carbons (Fsp3) is 0.562. The van der Waals surface area contributed by atoms with E-state index >= 15 is 0 Å². The summed E-state index contributed by atoms with van der Waals surface area (Å²) in [5.41, 5.74) is 0.446. The van der Waals surface area contributed by atoms with E-state index in [2.05, 4.69) is 0 Å². The van der Waals surface area contributed by atoms with Crippen LogP contribution in [0.1, 0.15) is 17.3 Å². The number of ether oxygens (including phenoxy) is 2. The normalized spacial score (nSPS) is 22.5. The number of sulfone groups is 1. The summed E-state index contributed by atoms with van der Waals surface area (Å²) in [5, 5.41) is 9.99. The lowest BCUT2D eigenvalue weighted by molar-refractivity contribution is 0.0717. The number of Topliss-reactive ketones (excluding diaryl/α,β-unsaturated/α-hetero) is 1. The number of aliphatic hydroxyl groups is 1. The van der Waals surface area contributed by atoms with E-state index in [4.69, 9.17) is 9.47 Å². The number of likely N-dealkylation sites (N-methyl/N-ethyl adjacent to an activating group) is 1. The molecule has 0 spiro atoms. The van der Waals surface area contributed by atoms with E-state index in [1.54, 1.807) is 23.1 Å². The number of nitrogens with zero attached hydrogens (tertiary/aromatic N) is 1. The summed E-state index contributed by atoms with van der Waals surface area (Å²) in [6, 6.07) is 4.33. The van der Waals surface area contributed by atoms with Crippen LogP contribution in [-0.2, 0) is 9.84 Å². The number of benzene rings is 1. The van der Waals surface area contributed by atoms with E-state index in [-0.39, 0.29) is 23.8 Å². The summed E-state index contributed by atoms with van der Waals surface area (Å²) in [5.74, 6) is 0.433. The van der Waals surface area contributed by atoms with Crippen molar-refractivity contribution >= 4 is 15.6 Å². The van der Waals surface area contributed by atoms with Crippen molar-refractivity contribution in [2.75, 3.05) is 38.8 Å². The van der Waals surface area contributed by atoms with Crippen molar-refractivity contribution in [3.8, 4) is 11.5 Å². The Balaban J connectivity index is 2.15. The maximum Gasteiger partial charge on any atom is 0.176 e. The molecule has 0 radical (unpaired) electrons. The molecule has 134 valence electrons. The Labute approximate surface area is 142 Å². The zero-order valence-corrected chi connectivity index (χ0v) is 14.9. The molecule has 0 aliphatic carbocycles. The molecule has 8 heteroatoms. The minimum Gasteiger partial charge on any atom is -0.493 e. The molecule has 1 aromatic rings. The zero-order valence-electron chi connectivity index (χ0n) is 14.1. The minimum absolute atomic E-state index is 0.0310. The lowest BCUT2D eigenvalue weighted by Gasteiger charge is -2.28. The lowest BCUT2D eigenvalue weighted by atomic mass is 10.1. The van der Waals surface area contributed by atoms with Gasteiger partial charge in [0.1, 0.15) is 0 Å². The summed E-state index contributed by atoms with van der Waals surface area (Å²) in [6.45, 7) is 2.33. The number of methoxy groups -OCH3 is 2. The molecule has 1 heterocycles. The highest BCUT2D eigenvalue weighted by molar-refractivity contribution is 7.91. The molecule has 1 fully saturated rings. The molecule has 24 heavy (non-hydrogen) atoms. The monoisotopic (exact) mass is 357 g/mol. The fourth-order valence-electron chi connectivity index (χ4n) is 2.91. The smallest absolute Gasteiger partial charge is 0.176 e. The summed E-state index contributed by atoms with van der Waals surface area (Å²) < 4.78 is 33.7. The molecule has 1 N–H and O–H groups in total. The van der Waals surface area contributed by atoms with E-state index in [1.165, 1.54) is 14.2 Å². The van der Waals surface area contributed by atoms with Crippen molar-refractivity contribution in [1.29, 1.82) is 0 Å². The van der Waals surface area contributed by atoms with Gasteiger partial charge in [0, 0.05) is 5.56 Å². The second-order valence-corrected chi connectivity index (χ2v) is 7.92. The Morgan fingerprint density at radius 3 is 2.42 bits per heavy atom. The Hall–Kier alpha value is -1.64. The third-order valence-electron chi connectivity index (χ3n) is 4.22. The lowest BCUT2D eigenvalue weighted by Crippen LogP contribution is -2.45. The van der Waals surface area contributed by atoms with Gasteiger partial charge in [-0.15, -0.1) is 0 Å². The van der Waals surface area contributed by atoms with Gasteiger partial charge in [0.2, 0.25) is 0 Å². The van der Waals surface area contributed by atoms with Gasteiger partial charge in [0.25, 0.3) is 0 Å². The highest BCUT2D eigenvalue weighted by atomic mass is 32.2. The Morgan fingerprint density at radius 1 is 1.25 bits per heavy atom. The molecular weight excluding hydrogens is 334 g/mol. The van der Waals surface area contributed by atoms with Crippen LogP contribution in [0.25, 0.3) is 0 Å². The standard InChI is InChI=1S/C16H23NO6S/c1-4-17(12-9-24(20,21)10-14(12)19)8-13(18)11-5-6-15(22-2)16(7-11)23-3/h5-7,12,14,19H,4,8-10H2,1-3H3/t12-,14-/m1/s1. The first kappa shape index (κ1) is 18.7. The van der Waals surface area contributed by atoms with Gasteiger partial charge in [0.15, 0.2) is 27.1 Å². The Kier molecular flexibility index (Phi) is 5.84. The van der Waals surface area contributed by atoms with Crippen molar-refractivity contribution in [3.05, 3.63) is 23.8 Å². The molecule has 1 aromatic carbocycles. The van der Waals surface area contributed by atoms with E-state index in [1.807, 2.05) is 6.92 Å². The molecule has 1 aliphatic heterocycles. The van der Waals surface area contributed by atoms with Gasteiger partial charge in [-0.25, -0.2) is 8.42 Å².